The number of hydrogen-bond donors (Lipinski definition) is 1. The summed E-state index contributed by atoms with van der Waals surface area (Å²) in [6.45, 7) is 7.35. The zero-order valence-corrected chi connectivity index (χ0v) is 16.4. The van der Waals surface area contributed by atoms with Crippen LogP contribution in [0, 0.1) is 26.7 Å². The summed E-state index contributed by atoms with van der Waals surface area (Å²) in [5.41, 5.74) is 5.30. The van der Waals surface area contributed by atoms with Crippen molar-refractivity contribution in [2.75, 3.05) is 18.4 Å². The molecule has 0 aliphatic carbocycles. The van der Waals surface area contributed by atoms with Crippen LogP contribution in [-0.2, 0) is 16.0 Å². The highest BCUT2D eigenvalue weighted by molar-refractivity contribution is 5.94. The Morgan fingerprint density at radius 3 is 2.15 bits per heavy atom. The largest absolute Gasteiger partial charge is 0.342 e. The molecule has 27 heavy (non-hydrogen) atoms. The van der Waals surface area contributed by atoms with Gasteiger partial charge in [-0.3, -0.25) is 9.59 Å². The van der Waals surface area contributed by atoms with Crippen molar-refractivity contribution in [2.45, 2.75) is 40.0 Å². The minimum Gasteiger partial charge on any atom is -0.342 e. The maximum Gasteiger partial charge on any atom is 0.227 e. The summed E-state index contributed by atoms with van der Waals surface area (Å²) in [5, 5.41) is 3.10. The molecule has 0 atom stereocenters. The third-order valence-electron chi connectivity index (χ3n) is 5.55. The molecule has 0 unspecified atom stereocenters. The van der Waals surface area contributed by atoms with E-state index in [2.05, 4.69) is 5.32 Å². The second-order valence-electron chi connectivity index (χ2n) is 7.51. The number of nitrogens with zero attached hydrogens (tertiary/aromatic N) is 1. The van der Waals surface area contributed by atoms with Gasteiger partial charge in [0.2, 0.25) is 11.8 Å². The first-order valence-electron chi connectivity index (χ1n) is 9.65. The van der Waals surface area contributed by atoms with Gasteiger partial charge in [0.05, 0.1) is 6.42 Å². The van der Waals surface area contributed by atoms with Crippen LogP contribution in [0.5, 0.6) is 0 Å². The standard InChI is InChI=1S/C23H28N2O2/c1-16-7-4-5-10-20(16)15-21(26)25-13-11-19(12-14-25)23(27)24-22-17(2)8-6-9-18(22)3/h4-10,19H,11-15H2,1-3H3,(H,24,27). The molecule has 0 aromatic heterocycles. The Morgan fingerprint density at radius 2 is 1.52 bits per heavy atom. The summed E-state index contributed by atoms with van der Waals surface area (Å²) in [6, 6.07) is 14.0. The highest BCUT2D eigenvalue weighted by atomic mass is 16.2. The zero-order valence-electron chi connectivity index (χ0n) is 16.4. The average molecular weight is 364 g/mol. The lowest BCUT2D eigenvalue weighted by Crippen LogP contribution is -2.42. The monoisotopic (exact) mass is 364 g/mol. The van der Waals surface area contributed by atoms with Crippen molar-refractivity contribution in [3.05, 3.63) is 64.7 Å². The quantitative estimate of drug-likeness (QED) is 0.890. The smallest absolute Gasteiger partial charge is 0.227 e. The molecule has 0 saturated carbocycles. The van der Waals surface area contributed by atoms with Gasteiger partial charge in [0.1, 0.15) is 0 Å². The van der Waals surface area contributed by atoms with Gasteiger partial charge in [-0.25, -0.2) is 0 Å². The van der Waals surface area contributed by atoms with Gasteiger partial charge in [-0.1, -0.05) is 42.5 Å². The van der Waals surface area contributed by atoms with E-state index in [9.17, 15) is 9.59 Å². The van der Waals surface area contributed by atoms with Crippen LogP contribution in [0.15, 0.2) is 42.5 Å². The van der Waals surface area contributed by atoms with Gasteiger partial charge in [-0.15, -0.1) is 0 Å². The third-order valence-corrected chi connectivity index (χ3v) is 5.55. The van der Waals surface area contributed by atoms with Gasteiger partial charge in [0.25, 0.3) is 0 Å². The fourth-order valence-electron chi connectivity index (χ4n) is 3.71. The fourth-order valence-corrected chi connectivity index (χ4v) is 3.71. The van der Waals surface area contributed by atoms with Crippen molar-refractivity contribution in [1.29, 1.82) is 0 Å². The van der Waals surface area contributed by atoms with E-state index in [1.165, 1.54) is 0 Å². The van der Waals surface area contributed by atoms with Crippen molar-refractivity contribution in [3.63, 3.8) is 0 Å². The maximum absolute atomic E-state index is 12.7. The molecule has 2 amide bonds. The molecule has 1 heterocycles. The molecule has 4 heteroatoms. The van der Waals surface area contributed by atoms with Crippen LogP contribution in [0.1, 0.15) is 35.1 Å². The van der Waals surface area contributed by atoms with Crippen LogP contribution < -0.4 is 5.32 Å². The molecule has 142 valence electrons. The molecular weight excluding hydrogens is 336 g/mol. The third kappa shape index (κ3) is 4.57. The summed E-state index contributed by atoms with van der Waals surface area (Å²) < 4.78 is 0. The molecular formula is C23H28N2O2. The number of amides is 2. The Bertz CT molecular complexity index is 816. The Morgan fingerprint density at radius 1 is 0.926 bits per heavy atom. The SMILES string of the molecule is Cc1ccccc1CC(=O)N1CCC(C(=O)Nc2c(C)cccc2C)CC1. The maximum atomic E-state index is 12.7. The van der Waals surface area contributed by atoms with E-state index in [-0.39, 0.29) is 17.7 Å². The Balaban J connectivity index is 1.54. The fraction of sp³-hybridized carbons (Fsp3) is 0.391. The molecule has 1 fully saturated rings. The van der Waals surface area contributed by atoms with Crippen LogP contribution in [0.2, 0.25) is 0 Å². The number of para-hydroxylation sites is 1. The van der Waals surface area contributed by atoms with Crippen LogP contribution in [0.3, 0.4) is 0 Å². The Hall–Kier alpha value is -2.62. The number of piperidine rings is 1. The van der Waals surface area contributed by atoms with Gasteiger partial charge >= 0.3 is 0 Å². The van der Waals surface area contributed by atoms with Gasteiger partial charge < -0.3 is 10.2 Å². The molecule has 1 N–H and O–H groups in total. The molecule has 3 rings (SSSR count). The first kappa shape index (κ1) is 19.2. The Labute approximate surface area is 161 Å². The van der Waals surface area contributed by atoms with Gasteiger partial charge in [0.15, 0.2) is 0 Å². The second kappa shape index (κ2) is 8.38. The lowest BCUT2D eigenvalue weighted by Gasteiger charge is -2.31. The van der Waals surface area contributed by atoms with Crippen molar-refractivity contribution in [3.8, 4) is 0 Å². The lowest BCUT2D eigenvalue weighted by molar-refractivity contribution is -0.133. The minimum absolute atomic E-state index is 0.0356. The van der Waals surface area contributed by atoms with Crippen molar-refractivity contribution < 1.29 is 9.59 Å². The Kier molecular flexibility index (Phi) is 5.94. The summed E-state index contributed by atoms with van der Waals surface area (Å²) in [4.78, 5) is 27.2. The molecule has 2 aromatic carbocycles. The zero-order chi connectivity index (χ0) is 19.4. The van der Waals surface area contributed by atoms with Gasteiger partial charge in [-0.2, -0.15) is 0 Å². The molecule has 2 aromatic rings. The van der Waals surface area contributed by atoms with Crippen LogP contribution in [-0.4, -0.2) is 29.8 Å². The van der Waals surface area contributed by atoms with Gasteiger partial charge in [0, 0.05) is 24.7 Å². The number of carbonyl (C=O) groups is 2. The van der Waals surface area contributed by atoms with E-state index >= 15 is 0 Å². The molecule has 4 nitrogen and oxygen atoms in total. The second-order valence-corrected chi connectivity index (χ2v) is 7.51. The summed E-state index contributed by atoms with van der Waals surface area (Å²) >= 11 is 0. The highest BCUT2D eigenvalue weighted by Gasteiger charge is 2.27. The molecule has 1 aliphatic rings. The van der Waals surface area contributed by atoms with E-state index in [0.29, 0.717) is 19.5 Å². The molecule has 0 radical (unpaired) electrons. The lowest BCUT2D eigenvalue weighted by atomic mass is 9.94. The molecule has 1 aliphatic heterocycles. The van der Waals surface area contributed by atoms with Crippen LogP contribution in [0.4, 0.5) is 5.69 Å². The average Bonchev–Trinajstić information content (AvgIpc) is 2.66. The molecule has 0 spiro atoms. The summed E-state index contributed by atoms with van der Waals surface area (Å²) in [7, 11) is 0. The van der Waals surface area contributed by atoms with Gasteiger partial charge in [-0.05, 0) is 55.9 Å². The highest BCUT2D eigenvalue weighted by Crippen LogP contribution is 2.24. The number of nitrogens with one attached hydrogen (secondary N) is 1. The number of benzene rings is 2. The predicted molar refractivity (Wildman–Crippen MR) is 109 cm³/mol. The van der Waals surface area contributed by atoms with Crippen LogP contribution in [0.25, 0.3) is 0 Å². The number of likely N-dealkylation sites (tertiary alicyclic amines) is 1. The van der Waals surface area contributed by atoms with E-state index in [0.717, 1.165) is 40.8 Å². The molecule has 1 saturated heterocycles. The van der Waals surface area contributed by atoms with E-state index < -0.39 is 0 Å². The first-order valence-corrected chi connectivity index (χ1v) is 9.65. The summed E-state index contributed by atoms with van der Waals surface area (Å²) in [5.74, 6) is 0.183. The number of rotatable bonds is 4. The minimum atomic E-state index is -0.0356. The normalized spacial score (nSPS) is 14.9. The van der Waals surface area contributed by atoms with E-state index in [1.54, 1.807) is 0 Å². The number of carbonyl (C=O) groups excluding carboxylic acids is 2. The topological polar surface area (TPSA) is 49.4 Å². The number of hydrogen-bond acceptors (Lipinski definition) is 2. The predicted octanol–water partition coefficient (Wildman–Crippen LogP) is 4.03. The number of aryl methyl sites for hydroxylation is 3. The first-order chi connectivity index (χ1) is 13.0. The summed E-state index contributed by atoms with van der Waals surface area (Å²) in [6.07, 6.45) is 1.87. The number of anilines is 1. The van der Waals surface area contributed by atoms with Crippen molar-refractivity contribution in [1.82, 2.24) is 4.90 Å². The van der Waals surface area contributed by atoms with Crippen LogP contribution >= 0.6 is 0 Å². The van der Waals surface area contributed by atoms with Crippen molar-refractivity contribution in [2.24, 2.45) is 5.92 Å². The van der Waals surface area contributed by atoms with E-state index in [1.807, 2.05) is 68.1 Å². The van der Waals surface area contributed by atoms with E-state index in [4.69, 9.17) is 0 Å². The van der Waals surface area contributed by atoms with Crippen molar-refractivity contribution >= 4 is 17.5 Å². The molecule has 0 bridgehead atoms.